The van der Waals surface area contributed by atoms with E-state index in [9.17, 15) is 4.79 Å². The monoisotopic (exact) mass is 259 g/mol. The maximum atomic E-state index is 10.2. The van der Waals surface area contributed by atoms with Crippen LogP contribution in [-0.4, -0.2) is 11.7 Å². The number of benzene rings is 1. The van der Waals surface area contributed by atoms with E-state index in [0.717, 1.165) is 0 Å². The lowest BCUT2D eigenvalue weighted by Crippen LogP contribution is -2.23. The van der Waals surface area contributed by atoms with Gasteiger partial charge in [-0.1, -0.05) is 23.2 Å². The minimum Gasteiger partial charge on any atom is -0.487 e. The summed E-state index contributed by atoms with van der Waals surface area (Å²) in [5, 5.41) is 0.666. The summed E-state index contributed by atoms with van der Waals surface area (Å²) < 4.78 is 5.59. The summed E-state index contributed by atoms with van der Waals surface area (Å²) in [5.74, 6) is 0.438. The second kappa shape index (κ2) is 4.88. The summed E-state index contributed by atoms with van der Waals surface area (Å²) in [5.41, 5.74) is -0.0973. The molecule has 1 rings (SSSR count). The molecule has 1 aromatic rings. The molecular formula is C11H11Cl2NO2. The maximum Gasteiger partial charge on any atom is 0.240 e. The fourth-order valence-corrected chi connectivity index (χ4v) is 1.53. The first-order valence-corrected chi connectivity index (χ1v) is 5.35. The number of aliphatic imine (C=N–C) groups is 1. The average molecular weight is 260 g/mol. The molecule has 0 aliphatic heterocycles. The number of nitrogens with zero attached hydrogens (tertiary/aromatic N) is 1. The molecule has 1 aromatic carbocycles. The Morgan fingerprint density at radius 3 is 2.38 bits per heavy atom. The minimum atomic E-state index is -0.389. The topological polar surface area (TPSA) is 38.7 Å². The van der Waals surface area contributed by atoms with Crippen molar-refractivity contribution in [3.05, 3.63) is 22.2 Å². The Bertz CT molecular complexity index is 446. The third kappa shape index (κ3) is 3.53. The maximum absolute atomic E-state index is 10.2. The Hall–Kier alpha value is -1.02. The standard InChI is InChI=1S/C11H11Cl2NO2/c1-11(2,3)16-10-5-9(14-6-15)7(12)4-8(10)13/h4-5H,1-3H3. The summed E-state index contributed by atoms with van der Waals surface area (Å²) in [6, 6.07) is 3.00. The first-order chi connectivity index (χ1) is 7.33. The third-order valence-corrected chi connectivity index (χ3v) is 2.18. The second-order valence-corrected chi connectivity index (χ2v) is 4.97. The number of isocyanates is 1. The van der Waals surface area contributed by atoms with Gasteiger partial charge in [-0.2, -0.15) is 4.99 Å². The fourth-order valence-electron chi connectivity index (χ4n) is 1.06. The van der Waals surface area contributed by atoms with Gasteiger partial charge >= 0.3 is 0 Å². The summed E-state index contributed by atoms with van der Waals surface area (Å²) in [6.45, 7) is 5.67. The lowest BCUT2D eigenvalue weighted by Gasteiger charge is -2.22. The van der Waals surface area contributed by atoms with Crippen LogP contribution < -0.4 is 4.74 Å². The van der Waals surface area contributed by atoms with E-state index >= 15 is 0 Å². The molecule has 0 bridgehead atoms. The van der Waals surface area contributed by atoms with Crippen molar-refractivity contribution >= 4 is 35.0 Å². The Morgan fingerprint density at radius 2 is 1.88 bits per heavy atom. The Morgan fingerprint density at radius 1 is 1.25 bits per heavy atom. The van der Waals surface area contributed by atoms with E-state index in [4.69, 9.17) is 27.9 Å². The average Bonchev–Trinajstić information content (AvgIpc) is 2.11. The van der Waals surface area contributed by atoms with E-state index in [-0.39, 0.29) is 10.6 Å². The van der Waals surface area contributed by atoms with Crippen LogP contribution in [0.5, 0.6) is 5.75 Å². The van der Waals surface area contributed by atoms with E-state index < -0.39 is 0 Å². The van der Waals surface area contributed by atoms with Crippen molar-refractivity contribution in [2.45, 2.75) is 26.4 Å². The van der Waals surface area contributed by atoms with Crippen molar-refractivity contribution in [1.82, 2.24) is 0 Å². The van der Waals surface area contributed by atoms with Crippen molar-refractivity contribution in [2.24, 2.45) is 4.99 Å². The van der Waals surface area contributed by atoms with E-state index in [1.165, 1.54) is 18.2 Å². The largest absolute Gasteiger partial charge is 0.487 e. The van der Waals surface area contributed by atoms with Crippen molar-refractivity contribution in [1.29, 1.82) is 0 Å². The second-order valence-electron chi connectivity index (χ2n) is 4.15. The van der Waals surface area contributed by atoms with E-state index in [1.54, 1.807) is 0 Å². The van der Waals surface area contributed by atoms with Gasteiger partial charge in [0.25, 0.3) is 0 Å². The molecular weight excluding hydrogens is 249 g/mol. The molecule has 5 heteroatoms. The van der Waals surface area contributed by atoms with Gasteiger partial charge in [0.1, 0.15) is 11.4 Å². The van der Waals surface area contributed by atoms with Gasteiger partial charge in [0.05, 0.1) is 15.7 Å². The van der Waals surface area contributed by atoms with Gasteiger partial charge in [-0.25, -0.2) is 4.79 Å². The highest BCUT2D eigenvalue weighted by atomic mass is 35.5. The van der Waals surface area contributed by atoms with Crippen molar-refractivity contribution in [3.8, 4) is 5.75 Å². The summed E-state index contributed by atoms with van der Waals surface area (Å²) >= 11 is 11.8. The van der Waals surface area contributed by atoms with Crippen molar-refractivity contribution in [3.63, 3.8) is 0 Å². The SMILES string of the molecule is CC(C)(C)Oc1cc(N=C=O)c(Cl)cc1Cl. The Kier molecular flexibility index (Phi) is 3.98. The lowest BCUT2D eigenvalue weighted by molar-refractivity contribution is 0.131. The van der Waals surface area contributed by atoms with Crippen LogP contribution in [0.15, 0.2) is 17.1 Å². The highest BCUT2D eigenvalue weighted by Crippen LogP contribution is 2.37. The van der Waals surface area contributed by atoms with Gasteiger partial charge in [0.2, 0.25) is 6.08 Å². The number of hydrogen-bond acceptors (Lipinski definition) is 3. The summed E-state index contributed by atoms with van der Waals surface area (Å²) in [4.78, 5) is 13.6. The van der Waals surface area contributed by atoms with Crippen LogP contribution in [0.2, 0.25) is 10.0 Å². The molecule has 0 atom stereocenters. The molecule has 0 radical (unpaired) electrons. The fraction of sp³-hybridized carbons (Fsp3) is 0.364. The highest BCUT2D eigenvalue weighted by molar-refractivity contribution is 6.37. The van der Waals surface area contributed by atoms with Gasteiger partial charge in [-0.3, -0.25) is 0 Å². The van der Waals surface area contributed by atoms with Crippen LogP contribution in [0.25, 0.3) is 0 Å². The normalized spacial score (nSPS) is 10.8. The predicted octanol–water partition coefficient (Wildman–Crippen LogP) is 4.14. The molecule has 0 amide bonds. The predicted molar refractivity (Wildman–Crippen MR) is 64.6 cm³/mol. The first kappa shape index (κ1) is 13.0. The molecule has 3 nitrogen and oxygen atoms in total. The van der Waals surface area contributed by atoms with Crippen LogP contribution in [0.1, 0.15) is 20.8 Å². The zero-order valence-electron chi connectivity index (χ0n) is 9.17. The molecule has 0 unspecified atom stereocenters. The molecule has 0 N–H and O–H groups in total. The number of rotatable bonds is 2. The molecule has 0 saturated heterocycles. The van der Waals surface area contributed by atoms with Gasteiger partial charge in [0, 0.05) is 6.07 Å². The van der Waals surface area contributed by atoms with E-state index in [1.807, 2.05) is 20.8 Å². The smallest absolute Gasteiger partial charge is 0.240 e. The van der Waals surface area contributed by atoms with E-state index in [2.05, 4.69) is 4.99 Å². The van der Waals surface area contributed by atoms with Crippen LogP contribution >= 0.6 is 23.2 Å². The molecule has 0 heterocycles. The Balaban J connectivity index is 3.19. The van der Waals surface area contributed by atoms with Crippen LogP contribution in [0.4, 0.5) is 5.69 Å². The van der Waals surface area contributed by atoms with Crippen LogP contribution in [0, 0.1) is 0 Å². The zero-order chi connectivity index (χ0) is 12.3. The first-order valence-electron chi connectivity index (χ1n) is 4.59. The van der Waals surface area contributed by atoms with Crippen molar-refractivity contribution in [2.75, 3.05) is 0 Å². The van der Waals surface area contributed by atoms with Crippen LogP contribution in [-0.2, 0) is 4.79 Å². The lowest BCUT2D eigenvalue weighted by atomic mass is 10.2. The van der Waals surface area contributed by atoms with Crippen molar-refractivity contribution < 1.29 is 9.53 Å². The van der Waals surface area contributed by atoms with Gasteiger partial charge in [-0.15, -0.1) is 0 Å². The van der Waals surface area contributed by atoms with E-state index in [0.29, 0.717) is 16.5 Å². The quantitative estimate of drug-likeness (QED) is 0.592. The van der Waals surface area contributed by atoms with Crippen LogP contribution in [0.3, 0.4) is 0 Å². The highest BCUT2D eigenvalue weighted by Gasteiger charge is 2.16. The number of carbonyl (C=O) groups excluding carboxylic acids is 1. The molecule has 0 fully saturated rings. The van der Waals surface area contributed by atoms with Gasteiger partial charge in [0.15, 0.2) is 0 Å². The molecule has 0 saturated carbocycles. The zero-order valence-corrected chi connectivity index (χ0v) is 10.7. The molecule has 0 aliphatic carbocycles. The summed E-state index contributed by atoms with van der Waals surface area (Å²) in [7, 11) is 0. The van der Waals surface area contributed by atoms with Gasteiger partial charge < -0.3 is 4.74 Å². The molecule has 16 heavy (non-hydrogen) atoms. The summed E-state index contributed by atoms with van der Waals surface area (Å²) in [6.07, 6.45) is 1.43. The minimum absolute atomic E-state index is 0.287. The number of ether oxygens (including phenoxy) is 1. The molecule has 86 valence electrons. The molecule has 0 aromatic heterocycles. The Labute approximate surface area is 104 Å². The third-order valence-electron chi connectivity index (χ3n) is 1.58. The molecule has 0 spiro atoms. The van der Waals surface area contributed by atoms with Gasteiger partial charge in [-0.05, 0) is 26.8 Å². The molecule has 0 aliphatic rings. The number of halogens is 2. The number of hydrogen-bond donors (Lipinski definition) is 0.